The molecule has 6 nitrogen and oxygen atoms in total. The molecule has 0 radical (unpaired) electrons. The van der Waals surface area contributed by atoms with Gasteiger partial charge in [0.1, 0.15) is 5.56 Å². The maximum Gasteiger partial charge on any atom is 0.277 e. The van der Waals surface area contributed by atoms with E-state index in [-0.39, 0.29) is 5.56 Å². The number of nitrogens with zero attached hydrogens (tertiary/aromatic N) is 2. The van der Waals surface area contributed by atoms with E-state index in [9.17, 15) is 9.59 Å². The van der Waals surface area contributed by atoms with Gasteiger partial charge in [0.15, 0.2) is 5.13 Å². The van der Waals surface area contributed by atoms with Crippen molar-refractivity contribution in [3.05, 3.63) is 72.1 Å². The number of hydrogen-bond acceptors (Lipinski definition) is 5. The van der Waals surface area contributed by atoms with Crippen LogP contribution in [0.4, 0.5) is 5.13 Å². The SMILES string of the molecule is Cc1n[nH]c(=O)c(C(=O)Nc2ncc(Cc3cc(Cl)ccc3Cl)s2)c1C. The summed E-state index contributed by atoms with van der Waals surface area (Å²) < 4.78 is 0. The molecule has 0 unspecified atom stereocenters. The van der Waals surface area contributed by atoms with Crippen molar-refractivity contribution < 1.29 is 4.79 Å². The summed E-state index contributed by atoms with van der Waals surface area (Å²) in [6, 6.07) is 5.26. The number of rotatable bonds is 4. The van der Waals surface area contributed by atoms with E-state index >= 15 is 0 Å². The summed E-state index contributed by atoms with van der Waals surface area (Å²) in [6.07, 6.45) is 2.20. The zero-order valence-corrected chi connectivity index (χ0v) is 16.2. The minimum Gasteiger partial charge on any atom is -0.298 e. The van der Waals surface area contributed by atoms with E-state index in [4.69, 9.17) is 23.2 Å². The minimum atomic E-state index is -0.534. The first kappa shape index (κ1) is 18.6. The van der Waals surface area contributed by atoms with Gasteiger partial charge in [-0.3, -0.25) is 14.9 Å². The number of carbonyl (C=O) groups is 1. The van der Waals surface area contributed by atoms with Crippen molar-refractivity contribution in [1.29, 1.82) is 0 Å². The molecule has 0 saturated carbocycles. The molecule has 3 rings (SSSR count). The standard InChI is InChI=1S/C17H14Cl2N4O2S/c1-8-9(2)22-23-16(25)14(8)15(24)21-17-20-7-12(26-17)6-10-5-11(18)3-4-13(10)19/h3-5,7H,6H2,1-2H3,(H,23,25)(H,20,21,24). The number of anilines is 1. The van der Waals surface area contributed by atoms with Crippen molar-refractivity contribution in [2.24, 2.45) is 0 Å². The lowest BCUT2D eigenvalue weighted by molar-refractivity contribution is 0.102. The fraction of sp³-hybridized carbons (Fsp3) is 0.176. The van der Waals surface area contributed by atoms with Gasteiger partial charge in [0, 0.05) is 27.5 Å². The molecule has 0 bridgehead atoms. The molecule has 0 aliphatic rings. The van der Waals surface area contributed by atoms with Crippen molar-refractivity contribution >= 4 is 45.6 Å². The van der Waals surface area contributed by atoms with Gasteiger partial charge in [-0.25, -0.2) is 10.1 Å². The van der Waals surface area contributed by atoms with Gasteiger partial charge < -0.3 is 0 Å². The quantitative estimate of drug-likeness (QED) is 0.682. The van der Waals surface area contributed by atoms with E-state index in [2.05, 4.69) is 20.5 Å². The van der Waals surface area contributed by atoms with Crippen molar-refractivity contribution in [2.45, 2.75) is 20.3 Å². The van der Waals surface area contributed by atoms with Crippen LogP contribution in [0.25, 0.3) is 0 Å². The Balaban J connectivity index is 1.79. The number of H-pyrrole nitrogens is 1. The van der Waals surface area contributed by atoms with Crippen molar-refractivity contribution in [3.8, 4) is 0 Å². The molecule has 0 atom stereocenters. The molecule has 2 aromatic heterocycles. The Morgan fingerprint density at radius 3 is 2.85 bits per heavy atom. The maximum absolute atomic E-state index is 12.4. The molecule has 3 aromatic rings. The van der Waals surface area contributed by atoms with Crippen LogP contribution in [-0.2, 0) is 6.42 Å². The zero-order chi connectivity index (χ0) is 18.8. The second-order valence-electron chi connectivity index (χ2n) is 5.64. The van der Waals surface area contributed by atoms with Gasteiger partial charge in [-0.15, -0.1) is 11.3 Å². The summed E-state index contributed by atoms with van der Waals surface area (Å²) in [5.74, 6) is -0.518. The normalized spacial score (nSPS) is 10.8. The highest BCUT2D eigenvalue weighted by atomic mass is 35.5. The summed E-state index contributed by atoms with van der Waals surface area (Å²) in [5.41, 5.74) is 1.50. The zero-order valence-electron chi connectivity index (χ0n) is 13.9. The average molecular weight is 409 g/mol. The Kier molecular flexibility index (Phi) is 5.41. The number of carbonyl (C=O) groups excluding carboxylic acids is 1. The van der Waals surface area contributed by atoms with E-state index in [1.807, 2.05) is 0 Å². The number of hydrogen-bond donors (Lipinski definition) is 2. The van der Waals surface area contributed by atoms with Crippen LogP contribution in [-0.4, -0.2) is 21.1 Å². The van der Waals surface area contributed by atoms with Crippen LogP contribution in [0.15, 0.2) is 29.2 Å². The smallest absolute Gasteiger partial charge is 0.277 e. The van der Waals surface area contributed by atoms with E-state index in [1.54, 1.807) is 38.2 Å². The Morgan fingerprint density at radius 1 is 1.31 bits per heavy atom. The molecular formula is C17H14Cl2N4O2S. The van der Waals surface area contributed by atoms with E-state index in [1.165, 1.54) is 11.3 Å². The highest BCUT2D eigenvalue weighted by molar-refractivity contribution is 7.15. The number of nitrogens with one attached hydrogen (secondary N) is 2. The second kappa shape index (κ2) is 7.57. The Bertz CT molecular complexity index is 1050. The molecule has 0 aliphatic carbocycles. The van der Waals surface area contributed by atoms with Crippen molar-refractivity contribution in [2.75, 3.05) is 5.32 Å². The third-order valence-corrected chi connectivity index (χ3v) is 5.36. The molecule has 2 heterocycles. The van der Waals surface area contributed by atoms with Gasteiger partial charge in [0.05, 0.1) is 5.69 Å². The van der Waals surface area contributed by atoms with Crippen LogP contribution in [0.5, 0.6) is 0 Å². The van der Waals surface area contributed by atoms with Crippen LogP contribution < -0.4 is 10.9 Å². The predicted molar refractivity (Wildman–Crippen MR) is 104 cm³/mol. The van der Waals surface area contributed by atoms with Gasteiger partial charge in [-0.1, -0.05) is 23.2 Å². The van der Waals surface area contributed by atoms with Gasteiger partial charge in [-0.2, -0.15) is 5.10 Å². The van der Waals surface area contributed by atoms with E-state index in [0.29, 0.717) is 32.9 Å². The summed E-state index contributed by atoms with van der Waals surface area (Å²) in [6.45, 7) is 3.40. The van der Waals surface area contributed by atoms with Crippen molar-refractivity contribution in [3.63, 3.8) is 0 Å². The molecule has 1 amide bonds. The highest BCUT2D eigenvalue weighted by Crippen LogP contribution is 2.27. The number of amides is 1. The Labute approximate surface area is 163 Å². The third kappa shape index (κ3) is 3.95. The number of halogens is 2. The molecule has 26 heavy (non-hydrogen) atoms. The first-order valence-corrected chi connectivity index (χ1v) is 9.18. The topological polar surface area (TPSA) is 87.7 Å². The number of aromatic nitrogens is 3. The van der Waals surface area contributed by atoms with Gasteiger partial charge in [-0.05, 0) is 43.2 Å². The molecule has 0 aliphatic heterocycles. The van der Waals surface area contributed by atoms with Crippen LogP contribution >= 0.6 is 34.5 Å². The molecule has 9 heteroatoms. The number of benzene rings is 1. The summed E-state index contributed by atoms with van der Waals surface area (Å²) in [5, 5.41) is 10.4. The highest BCUT2D eigenvalue weighted by Gasteiger charge is 2.17. The summed E-state index contributed by atoms with van der Waals surface area (Å²) >= 11 is 13.5. The number of aryl methyl sites for hydroxylation is 1. The number of thiazole rings is 1. The van der Waals surface area contributed by atoms with E-state index in [0.717, 1.165) is 10.4 Å². The van der Waals surface area contributed by atoms with Crippen LogP contribution in [0.3, 0.4) is 0 Å². The third-order valence-electron chi connectivity index (χ3n) is 3.84. The lowest BCUT2D eigenvalue weighted by Crippen LogP contribution is -2.26. The molecule has 2 N–H and O–H groups in total. The van der Waals surface area contributed by atoms with Gasteiger partial charge >= 0.3 is 0 Å². The van der Waals surface area contributed by atoms with Gasteiger partial charge in [0.2, 0.25) is 0 Å². The molecular weight excluding hydrogens is 395 g/mol. The van der Waals surface area contributed by atoms with E-state index < -0.39 is 11.5 Å². The molecule has 134 valence electrons. The largest absolute Gasteiger partial charge is 0.298 e. The van der Waals surface area contributed by atoms with Crippen molar-refractivity contribution in [1.82, 2.24) is 15.2 Å². The fourth-order valence-electron chi connectivity index (χ4n) is 2.37. The first-order valence-electron chi connectivity index (χ1n) is 7.61. The predicted octanol–water partition coefficient (Wildman–Crippen LogP) is 3.99. The number of aromatic amines is 1. The molecule has 1 aromatic carbocycles. The van der Waals surface area contributed by atoms with Gasteiger partial charge in [0.25, 0.3) is 11.5 Å². The average Bonchev–Trinajstić information content (AvgIpc) is 3.02. The van der Waals surface area contributed by atoms with Crippen LogP contribution in [0, 0.1) is 13.8 Å². The van der Waals surface area contributed by atoms with Crippen LogP contribution in [0.2, 0.25) is 10.0 Å². The fourth-order valence-corrected chi connectivity index (χ4v) is 3.58. The Morgan fingerprint density at radius 2 is 2.08 bits per heavy atom. The summed E-state index contributed by atoms with van der Waals surface area (Å²) in [7, 11) is 0. The summed E-state index contributed by atoms with van der Waals surface area (Å²) in [4.78, 5) is 29.5. The minimum absolute atomic E-state index is 0.0344. The lowest BCUT2D eigenvalue weighted by atomic mass is 10.1. The molecule has 0 saturated heterocycles. The Hall–Kier alpha value is -2.22. The first-order chi connectivity index (χ1) is 12.3. The van der Waals surface area contributed by atoms with Crippen LogP contribution in [0.1, 0.15) is 32.1 Å². The maximum atomic E-state index is 12.4. The molecule has 0 spiro atoms. The monoisotopic (exact) mass is 408 g/mol. The lowest BCUT2D eigenvalue weighted by Gasteiger charge is -2.05. The second-order valence-corrected chi connectivity index (χ2v) is 7.60. The molecule has 0 fully saturated rings.